The molecule has 4 nitrogen and oxygen atoms in total. The summed E-state index contributed by atoms with van der Waals surface area (Å²) in [5.41, 5.74) is -0.932. The molecule has 0 saturated carbocycles. The third kappa shape index (κ3) is 1.32. The number of carbonyl (C=O) groups excluding carboxylic acids is 2. The second-order valence-corrected chi connectivity index (χ2v) is 6.33. The summed E-state index contributed by atoms with van der Waals surface area (Å²) >= 11 is 6.65. The van der Waals surface area contributed by atoms with Gasteiger partial charge < -0.3 is 9.47 Å². The predicted octanol–water partition coefficient (Wildman–Crippen LogP) is 1.91. The molecule has 1 saturated heterocycles. The average molecular weight is 354 g/mol. The molecule has 0 unspecified atom stereocenters. The molecule has 16 heavy (non-hydrogen) atoms. The van der Waals surface area contributed by atoms with Gasteiger partial charge in [-0.2, -0.15) is 0 Å². The maximum Gasteiger partial charge on any atom is 0.328 e. The van der Waals surface area contributed by atoms with Crippen molar-refractivity contribution in [3.63, 3.8) is 0 Å². The zero-order valence-electron chi connectivity index (χ0n) is 8.75. The fraction of sp³-hybridized carbons (Fsp3) is 0.600. The molecule has 3 rings (SSSR count). The van der Waals surface area contributed by atoms with Crippen LogP contribution in [-0.4, -0.2) is 29.5 Å². The molecule has 0 aromatic heterocycles. The lowest BCUT2D eigenvalue weighted by atomic mass is 9.67. The molecule has 2 heterocycles. The second-order valence-electron chi connectivity index (χ2n) is 4.16. The van der Waals surface area contributed by atoms with Gasteiger partial charge in [-0.1, -0.05) is 31.9 Å². The van der Waals surface area contributed by atoms with Crippen molar-refractivity contribution in [1.29, 1.82) is 0 Å². The molecule has 0 N–H and O–H groups in total. The van der Waals surface area contributed by atoms with Gasteiger partial charge in [0.25, 0.3) is 0 Å². The van der Waals surface area contributed by atoms with Gasteiger partial charge in [-0.15, -0.1) is 0 Å². The monoisotopic (exact) mass is 352 g/mol. The Morgan fingerprint density at radius 1 is 1.69 bits per heavy atom. The minimum absolute atomic E-state index is 0.393. The summed E-state index contributed by atoms with van der Waals surface area (Å²) in [7, 11) is 1.32. The van der Waals surface area contributed by atoms with Crippen LogP contribution in [0.5, 0.6) is 0 Å². The van der Waals surface area contributed by atoms with Crippen molar-refractivity contribution in [3.05, 3.63) is 10.6 Å². The van der Waals surface area contributed by atoms with Crippen molar-refractivity contribution in [1.82, 2.24) is 0 Å². The highest BCUT2D eigenvalue weighted by Gasteiger charge is 2.65. The number of hydrogen-bond donors (Lipinski definition) is 0. The molecule has 88 valence electrons. The number of ether oxygens (including phenoxy) is 2. The summed E-state index contributed by atoms with van der Waals surface area (Å²) in [6, 6.07) is 0. The van der Waals surface area contributed by atoms with Crippen molar-refractivity contribution in [2.24, 2.45) is 5.41 Å². The van der Waals surface area contributed by atoms with Crippen molar-refractivity contribution in [3.8, 4) is 0 Å². The van der Waals surface area contributed by atoms with E-state index in [2.05, 4.69) is 31.9 Å². The topological polar surface area (TPSA) is 52.6 Å². The fourth-order valence-corrected chi connectivity index (χ4v) is 3.68. The van der Waals surface area contributed by atoms with E-state index in [1.54, 1.807) is 13.0 Å². The molecule has 0 aromatic rings. The number of fused-ring (bicyclic) bond motifs is 2. The molecule has 0 amide bonds. The maximum absolute atomic E-state index is 11.8. The Morgan fingerprint density at radius 3 is 2.88 bits per heavy atom. The summed E-state index contributed by atoms with van der Waals surface area (Å²) in [4.78, 5) is 23.6. The zero-order valence-corrected chi connectivity index (χ0v) is 11.9. The quantitative estimate of drug-likeness (QED) is 0.533. The van der Waals surface area contributed by atoms with Crippen LogP contribution < -0.4 is 0 Å². The van der Waals surface area contributed by atoms with Gasteiger partial charge in [0.1, 0.15) is 6.10 Å². The third-order valence-corrected chi connectivity index (χ3v) is 5.39. The first kappa shape index (κ1) is 12.1. The van der Waals surface area contributed by atoms with Crippen molar-refractivity contribution >= 4 is 43.8 Å². The largest absolute Gasteiger partial charge is 0.469 e. The van der Waals surface area contributed by atoms with E-state index >= 15 is 0 Å². The van der Waals surface area contributed by atoms with Crippen LogP contribution in [0.2, 0.25) is 0 Å². The van der Waals surface area contributed by atoms with Gasteiger partial charge in [0.05, 0.1) is 12.5 Å². The molecule has 2 bridgehead atoms. The van der Waals surface area contributed by atoms with Gasteiger partial charge in [0.15, 0.2) is 4.32 Å². The normalized spacial score (nSPS) is 41.4. The minimum atomic E-state index is -1.14. The molecule has 0 spiro atoms. The van der Waals surface area contributed by atoms with Crippen molar-refractivity contribution in [2.75, 3.05) is 7.11 Å². The maximum atomic E-state index is 11.8. The first-order valence-electron chi connectivity index (χ1n) is 4.72. The van der Waals surface area contributed by atoms with Gasteiger partial charge in [0, 0.05) is 10.9 Å². The number of carbonyl (C=O) groups is 2. The van der Waals surface area contributed by atoms with Crippen LogP contribution in [-0.2, 0) is 19.1 Å². The van der Waals surface area contributed by atoms with Gasteiger partial charge in [-0.05, 0) is 13.0 Å². The highest BCUT2D eigenvalue weighted by atomic mass is 79.9. The second kappa shape index (κ2) is 3.57. The predicted molar refractivity (Wildman–Crippen MR) is 63.3 cm³/mol. The Morgan fingerprint density at radius 2 is 2.31 bits per heavy atom. The van der Waals surface area contributed by atoms with E-state index in [1.807, 2.05) is 0 Å². The van der Waals surface area contributed by atoms with Gasteiger partial charge in [0.2, 0.25) is 0 Å². The molecule has 0 aromatic carbocycles. The molecule has 0 radical (unpaired) electrons. The molecule has 2 aliphatic heterocycles. The van der Waals surface area contributed by atoms with Crippen LogP contribution in [0.1, 0.15) is 13.3 Å². The van der Waals surface area contributed by atoms with E-state index in [1.165, 1.54) is 7.11 Å². The first-order chi connectivity index (χ1) is 7.35. The first-order valence-corrected chi connectivity index (χ1v) is 6.30. The molecular formula is C10H10Br2O4. The van der Waals surface area contributed by atoms with Crippen LogP contribution in [0.3, 0.4) is 0 Å². The van der Waals surface area contributed by atoms with Gasteiger partial charge >= 0.3 is 11.9 Å². The summed E-state index contributed by atoms with van der Waals surface area (Å²) in [6.45, 7) is 1.71. The zero-order chi connectivity index (χ0) is 12.1. The molecule has 6 heteroatoms. The third-order valence-electron chi connectivity index (χ3n) is 3.22. The van der Waals surface area contributed by atoms with Crippen LogP contribution >= 0.6 is 31.9 Å². The molecule has 1 fully saturated rings. The molecule has 3 aliphatic rings. The standard InChI is InChI=1S/C10H10Br2O4/c1-9(7(13)15-2)4-6-5(11)3-10(9,12)8(14)16-6/h3,6H,4H2,1-2H3/t6-,9+,10-/m0/s1. The molecule has 3 atom stereocenters. The number of halogens is 2. The number of rotatable bonds is 1. The van der Waals surface area contributed by atoms with Crippen LogP contribution in [0.4, 0.5) is 0 Å². The minimum Gasteiger partial charge on any atom is -0.469 e. The van der Waals surface area contributed by atoms with E-state index in [9.17, 15) is 9.59 Å². The molecule has 1 aliphatic carbocycles. The number of hydrogen-bond acceptors (Lipinski definition) is 4. The van der Waals surface area contributed by atoms with Crippen LogP contribution in [0, 0.1) is 5.41 Å². The highest BCUT2D eigenvalue weighted by Crippen LogP contribution is 2.55. The van der Waals surface area contributed by atoms with Gasteiger partial charge in [-0.25, -0.2) is 0 Å². The van der Waals surface area contributed by atoms with Crippen LogP contribution in [0.25, 0.3) is 0 Å². The number of esters is 2. The SMILES string of the molecule is COC(=O)[C@@]1(C)C[C@@H]2OC(=O)[C@@]1(Br)C=C2Br. The lowest BCUT2D eigenvalue weighted by Crippen LogP contribution is -2.61. The van der Waals surface area contributed by atoms with Crippen molar-refractivity contribution < 1.29 is 19.1 Å². The van der Waals surface area contributed by atoms with E-state index in [0.717, 1.165) is 4.48 Å². The Balaban J connectivity index is 2.54. The smallest absolute Gasteiger partial charge is 0.328 e. The Labute approximate surface area is 110 Å². The van der Waals surface area contributed by atoms with Gasteiger partial charge in [-0.3, -0.25) is 9.59 Å². The summed E-state index contributed by atoms with van der Waals surface area (Å²) in [5.74, 6) is -0.859. The van der Waals surface area contributed by atoms with E-state index in [4.69, 9.17) is 9.47 Å². The lowest BCUT2D eigenvalue weighted by Gasteiger charge is -2.49. The highest BCUT2D eigenvalue weighted by molar-refractivity contribution is 9.12. The average Bonchev–Trinajstić information content (AvgIpc) is 2.22. The summed E-state index contributed by atoms with van der Waals surface area (Å²) in [6.07, 6.45) is 1.70. The number of alkyl halides is 1. The van der Waals surface area contributed by atoms with Crippen molar-refractivity contribution in [2.45, 2.75) is 23.8 Å². The number of methoxy groups -OCH3 is 1. The Kier molecular flexibility index (Phi) is 2.70. The van der Waals surface area contributed by atoms with E-state index in [0.29, 0.717) is 6.42 Å². The molecular weight excluding hydrogens is 344 g/mol. The fourth-order valence-electron chi connectivity index (χ4n) is 2.11. The van der Waals surface area contributed by atoms with Crippen LogP contribution in [0.15, 0.2) is 10.6 Å². The lowest BCUT2D eigenvalue weighted by molar-refractivity contribution is -0.176. The van der Waals surface area contributed by atoms with E-state index < -0.39 is 27.8 Å². The summed E-state index contributed by atoms with van der Waals surface area (Å²) < 4.78 is 9.60. The Bertz CT molecular complexity index is 406. The van der Waals surface area contributed by atoms with E-state index in [-0.39, 0.29) is 0 Å². The Hall–Kier alpha value is -0.360. The summed E-state index contributed by atoms with van der Waals surface area (Å²) in [5, 5.41) is 0.